The maximum absolute atomic E-state index is 4.64. The van der Waals surface area contributed by atoms with E-state index in [1.165, 1.54) is 25.9 Å². The highest BCUT2D eigenvalue weighted by molar-refractivity contribution is 5.58. The number of anilines is 2. The van der Waals surface area contributed by atoms with E-state index in [1.807, 2.05) is 6.92 Å². The van der Waals surface area contributed by atoms with Crippen LogP contribution in [0.3, 0.4) is 0 Å². The summed E-state index contributed by atoms with van der Waals surface area (Å²) in [7, 11) is 2.13. The van der Waals surface area contributed by atoms with Gasteiger partial charge in [-0.25, -0.2) is 9.97 Å². The molecule has 2 heterocycles. The third kappa shape index (κ3) is 4.30. The lowest BCUT2D eigenvalue weighted by molar-refractivity contribution is 0.346. The Kier molecular flexibility index (Phi) is 5.79. The van der Waals surface area contributed by atoms with Gasteiger partial charge in [-0.1, -0.05) is 6.92 Å². The van der Waals surface area contributed by atoms with Crippen LogP contribution >= 0.6 is 0 Å². The van der Waals surface area contributed by atoms with Crippen LogP contribution in [0, 0.1) is 13.8 Å². The van der Waals surface area contributed by atoms with Gasteiger partial charge >= 0.3 is 0 Å². The SMILES string of the molecule is CCCNc1nc(C)nc(N(C)CCN2CCCC2)c1C. The van der Waals surface area contributed by atoms with Crippen molar-refractivity contribution in [2.45, 2.75) is 40.0 Å². The Bertz CT molecular complexity index is 454. The van der Waals surface area contributed by atoms with E-state index in [9.17, 15) is 0 Å². The second-order valence-corrected chi connectivity index (χ2v) is 5.97. The summed E-state index contributed by atoms with van der Waals surface area (Å²) < 4.78 is 0. The summed E-state index contributed by atoms with van der Waals surface area (Å²) in [5.41, 5.74) is 1.15. The molecule has 1 aliphatic heterocycles. The minimum atomic E-state index is 0.835. The lowest BCUT2D eigenvalue weighted by Gasteiger charge is -2.24. The first-order valence-corrected chi connectivity index (χ1v) is 8.14. The predicted molar refractivity (Wildman–Crippen MR) is 89.2 cm³/mol. The summed E-state index contributed by atoms with van der Waals surface area (Å²) >= 11 is 0. The number of hydrogen-bond donors (Lipinski definition) is 1. The first kappa shape index (κ1) is 16.0. The number of nitrogens with zero attached hydrogens (tertiary/aromatic N) is 4. The molecule has 1 aromatic heterocycles. The van der Waals surface area contributed by atoms with Gasteiger partial charge in [0.15, 0.2) is 0 Å². The number of likely N-dealkylation sites (N-methyl/N-ethyl adjacent to an activating group) is 1. The summed E-state index contributed by atoms with van der Waals surface area (Å²) in [5, 5.41) is 3.41. The minimum absolute atomic E-state index is 0.835. The standard InChI is InChI=1S/C16H29N5/c1-5-8-17-15-13(2)16(19-14(3)18-15)20(4)11-12-21-9-6-7-10-21/h5-12H2,1-4H3,(H,17,18,19). The smallest absolute Gasteiger partial charge is 0.137 e. The fourth-order valence-corrected chi connectivity index (χ4v) is 2.80. The number of hydrogen-bond acceptors (Lipinski definition) is 5. The van der Waals surface area contributed by atoms with Gasteiger partial charge in [0.05, 0.1) is 0 Å². The van der Waals surface area contributed by atoms with Crippen molar-refractivity contribution in [2.75, 3.05) is 50.0 Å². The van der Waals surface area contributed by atoms with Crippen LogP contribution in [0.15, 0.2) is 0 Å². The van der Waals surface area contributed by atoms with Gasteiger partial charge in [-0.3, -0.25) is 0 Å². The molecule has 21 heavy (non-hydrogen) atoms. The Morgan fingerprint density at radius 3 is 2.57 bits per heavy atom. The monoisotopic (exact) mass is 291 g/mol. The van der Waals surface area contributed by atoms with Crippen molar-refractivity contribution in [3.63, 3.8) is 0 Å². The average Bonchev–Trinajstić information content (AvgIpc) is 2.98. The normalized spacial score (nSPS) is 15.4. The highest BCUT2D eigenvalue weighted by Crippen LogP contribution is 2.22. The Morgan fingerprint density at radius 2 is 1.90 bits per heavy atom. The van der Waals surface area contributed by atoms with Crippen molar-refractivity contribution in [2.24, 2.45) is 0 Å². The van der Waals surface area contributed by atoms with E-state index >= 15 is 0 Å². The van der Waals surface area contributed by atoms with E-state index in [-0.39, 0.29) is 0 Å². The van der Waals surface area contributed by atoms with Crippen LogP contribution in [0.5, 0.6) is 0 Å². The van der Waals surface area contributed by atoms with Crippen molar-refractivity contribution >= 4 is 11.6 Å². The molecule has 0 aliphatic carbocycles. The van der Waals surface area contributed by atoms with Crippen LogP contribution in [-0.2, 0) is 0 Å². The number of aryl methyl sites for hydroxylation is 1. The van der Waals surface area contributed by atoms with Gasteiger partial charge in [-0.05, 0) is 46.2 Å². The third-order valence-electron chi connectivity index (χ3n) is 4.09. The summed E-state index contributed by atoms with van der Waals surface area (Å²) in [6.07, 6.45) is 3.80. The quantitative estimate of drug-likeness (QED) is 0.836. The third-order valence-corrected chi connectivity index (χ3v) is 4.09. The van der Waals surface area contributed by atoms with Crippen molar-refractivity contribution < 1.29 is 0 Å². The Balaban J connectivity index is 2.04. The van der Waals surface area contributed by atoms with E-state index in [1.54, 1.807) is 0 Å². The molecule has 0 atom stereocenters. The highest BCUT2D eigenvalue weighted by atomic mass is 15.2. The van der Waals surface area contributed by atoms with Crippen molar-refractivity contribution in [3.8, 4) is 0 Å². The van der Waals surface area contributed by atoms with Gasteiger partial charge < -0.3 is 15.1 Å². The van der Waals surface area contributed by atoms with Crippen LogP contribution in [0.25, 0.3) is 0 Å². The molecule has 0 bridgehead atoms. The second kappa shape index (κ2) is 7.59. The molecule has 0 saturated carbocycles. The number of rotatable bonds is 7. The largest absolute Gasteiger partial charge is 0.370 e. The molecule has 0 aromatic carbocycles. The van der Waals surface area contributed by atoms with Gasteiger partial charge in [0.2, 0.25) is 0 Å². The summed E-state index contributed by atoms with van der Waals surface area (Å²) in [6, 6.07) is 0. The molecule has 118 valence electrons. The second-order valence-electron chi connectivity index (χ2n) is 5.97. The Hall–Kier alpha value is -1.36. The fourth-order valence-electron chi connectivity index (χ4n) is 2.80. The molecule has 1 N–H and O–H groups in total. The summed E-state index contributed by atoms with van der Waals surface area (Å²) in [4.78, 5) is 14.0. The first-order valence-electron chi connectivity index (χ1n) is 8.14. The number of nitrogens with one attached hydrogen (secondary N) is 1. The van der Waals surface area contributed by atoms with Gasteiger partial charge in [0, 0.05) is 32.2 Å². The maximum Gasteiger partial charge on any atom is 0.137 e. The molecule has 5 heteroatoms. The van der Waals surface area contributed by atoms with Crippen LogP contribution < -0.4 is 10.2 Å². The molecule has 5 nitrogen and oxygen atoms in total. The molecule has 1 saturated heterocycles. The van der Waals surface area contributed by atoms with E-state index in [0.29, 0.717) is 0 Å². The fraction of sp³-hybridized carbons (Fsp3) is 0.750. The molecular weight excluding hydrogens is 262 g/mol. The molecule has 2 rings (SSSR count). The molecule has 0 radical (unpaired) electrons. The van der Waals surface area contributed by atoms with E-state index in [4.69, 9.17) is 0 Å². The highest BCUT2D eigenvalue weighted by Gasteiger charge is 2.15. The molecule has 0 spiro atoms. The Morgan fingerprint density at radius 1 is 1.19 bits per heavy atom. The Labute approximate surface area is 128 Å². The topological polar surface area (TPSA) is 44.3 Å². The molecule has 1 fully saturated rings. The zero-order chi connectivity index (χ0) is 15.2. The molecule has 1 aliphatic rings. The van der Waals surface area contributed by atoms with E-state index in [2.05, 4.69) is 46.0 Å². The molecule has 0 unspecified atom stereocenters. The van der Waals surface area contributed by atoms with Crippen molar-refractivity contribution in [3.05, 3.63) is 11.4 Å². The zero-order valence-corrected chi connectivity index (χ0v) is 13.9. The lowest BCUT2D eigenvalue weighted by atomic mass is 10.2. The van der Waals surface area contributed by atoms with Gasteiger partial charge in [0.25, 0.3) is 0 Å². The number of likely N-dealkylation sites (tertiary alicyclic amines) is 1. The van der Waals surface area contributed by atoms with Crippen LogP contribution in [0.4, 0.5) is 11.6 Å². The minimum Gasteiger partial charge on any atom is -0.370 e. The van der Waals surface area contributed by atoms with Crippen LogP contribution in [0.2, 0.25) is 0 Å². The van der Waals surface area contributed by atoms with Crippen molar-refractivity contribution in [1.29, 1.82) is 0 Å². The summed E-state index contributed by atoms with van der Waals surface area (Å²) in [6.45, 7) is 11.8. The van der Waals surface area contributed by atoms with Gasteiger partial charge in [-0.2, -0.15) is 0 Å². The average molecular weight is 291 g/mol. The van der Waals surface area contributed by atoms with Gasteiger partial charge in [0.1, 0.15) is 17.5 Å². The van der Waals surface area contributed by atoms with Crippen LogP contribution in [-0.4, -0.2) is 54.6 Å². The zero-order valence-electron chi connectivity index (χ0n) is 13.9. The van der Waals surface area contributed by atoms with E-state index < -0.39 is 0 Å². The molecule has 0 amide bonds. The molecule has 1 aromatic rings. The van der Waals surface area contributed by atoms with Crippen LogP contribution in [0.1, 0.15) is 37.6 Å². The maximum atomic E-state index is 4.64. The van der Waals surface area contributed by atoms with E-state index in [0.717, 1.165) is 49.1 Å². The molecular formula is C16H29N5. The van der Waals surface area contributed by atoms with Crippen molar-refractivity contribution in [1.82, 2.24) is 14.9 Å². The predicted octanol–water partition coefficient (Wildman–Crippen LogP) is 2.45. The number of aromatic nitrogens is 2. The lowest BCUT2D eigenvalue weighted by Crippen LogP contribution is -2.32. The first-order chi connectivity index (χ1) is 10.1. The summed E-state index contributed by atoms with van der Waals surface area (Å²) in [5.74, 6) is 2.87. The van der Waals surface area contributed by atoms with Gasteiger partial charge in [-0.15, -0.1) is 0 Å².